The number of hydrogen-bond acceptors (Lipinski definition) is 5. The van der Waals surface area contributed by atoms with Crippen LogP contribution in [0.4, 0.5) is 0 Å². The summed E-state index contributed by atoms with van der Waals surface area (Å²) in [5, 5.41) is 9.32. The first-order valence-corrected chi connectivity index (χ1v) is 9.26. The first kappa shape index (κ1) is 15.2. The molecule has 2 atom stereocenters. The number of carbonyl (C=O) groups excluding carboxylic acids is 1. The van der Waals surface area contributed by atoms with Crippen molar-refractivity contribution in [3.8, 4) is 0 Å². The number of sulfonamides is 1. The number of morpholine rings is 1. The zero-order chi connectivity index (χ0) is 15.2. The third kappa shape index (κ3) is 2.94. The van der Waals surface area contributed by atoms with E-state index in [-0.39, 0.29) is 30.1 Å². The lowest BCUT2D eigenvalue weighted by Crippen LogP contribution is -2.62. The van der Waals surface area contributed by atoms with E-state index in [0.717, 1.165) is 0 Å². The van der Waals surface area contributed by atoms with Crippen LogP contribution >= 0.6 is 0 Å². The third-order valence-electron chi connectivity index (χ3n) is 4.73. The molecule has 0 unspecified atom stereocenters. The monoisotopic (exact) mass is 318 g/mol. The molecule has 2 aliphatic heterocycles. The number of hydrogen-bond donors (Lipinski definition) is 1. The van der Waals surface area contributed by atoms with Crippen molar-refractivity contribution in [2.24, 2.45) is 5.92 Å². The second kappa shape index (κ2) is 5.49. The predicted molar refractivity (Wildman–Crippen MR) is 75.0 cm³/mol. The summed E-state index contributed by atoms with van der Waals surface area (Å²) in [4.78, 5) is 14.1. The fourth-order valence-electron chi connectivity index (χ4n) is 3.50. The molecule has 2 saturated heterocycles. The summed E-state index contributed by atoms with van der Waals surface area (Å²) in [5.41, 5.74) is 0. The molecule has 0 aromatic carbocycles. The van der Waals surface area contributed by atoms with Gasteiger partial charge in [-0.25, -0.2) is 8.42 Å². The largest absolute Gasteiger partial charge is 0.393 e. The summed E-state index contributed by atoms with van der Waals surface area (Å²) in [5.74, 6) is -0.0643. The second-order valence-electron chi connectivity index (χ2n) is 6.25. The maximum atomic E-state index is 12.4. The van der Waals surface area contributed by atoms with Crippen LogP contribution in [0.15, 0.2) is 0 Å². The Morgan fingerprint density at radius 3 is 2.62 bits per heavy atom. The van der Waals surface area contributed by atoms with Gasteiger partial charge in [0, 0.05) is 25.6 Å². The molecular formula is C13H22N2O5S. The molecule has 3 fully saturated rings. The number of piperidine rings is 1. The topological polar surface area (TPSA) is 87.2 Å². The molecule has 8 heteroatoms. The van der Waals surface area contributed by atoms with E-state index in [2.05, 4.69) is 0 Å². The van der Waals surface area contributed by atoms with Crippen LogP contribution in [0.3, 0.4) is 0 Å². The molecule has 7 nitrogen and oxygen atoms in total. The number of carbonyl (C=O) groups is 1. The van der Waals surface area contributed by atoms with Crippen molar-refractivity contribution in [1.29, 1.82) is 0 Å². The Bertz CT molecular complexity index is 517. The highest BCUT2D eigenvalue weighted by atomic mass is 32.2. The Labute approximate surface area is 124 Å². The lowest BCUT2D eigenvalue weighted by Gasteiger charge is -2.47. The Kier molecular flexibility index (Phi) is 3.98. The molecule has 0 radical (unpaired) electrons. The van der Waals surface area contributed by atoms with Gasteiger partial charge in [-0.3, -0.25) is 4.79 Å². The zero-order valence-corrected chi connectivity index (χ0v) is 13.0. The number of fused-ring (bicyclic) bond motifs is 1. The molecule has 3 rings (SSSR count). The van der Waals surface area contributed by atoms with E-state index in [1.165, 1.54) is 10.6 Å². The van der Waals surface area contributed by atoms with Gasteiger partial charge in [0.2, 0.25) is 15.9 Å². The predicted octanol–water partition coefficient (Wildman–Crippen LogP) is -0.981. The van der Waals surface area contributed by atoms with Crippen LogP contribution in [0.5, 0.6) is 0 Å². The van der Waals surface area contributed by atoms with Crippen molar-refractivity contribution in [3.05, 3.63) is 0 Å². The SMILES string of the molecule is CS(=O)(=O)N1CCO[C@H]2CCN(C(=O)C3CC(O)C3)C[C@@H]21. The molecule has 120 valence electrons. The minimum absolute atomic E-state index is 0.0396. The fraction of sp³-hybridized carbons (Fsp3) is 0.923. The molecule has 0 aromatic heterocycles. The van der Waals surface area contributed by atoms with Gasteiger partial charge in [-0.2, -0.15) is 4.31 Å². The van der Waals surface area contributed by atoms with Crippen LogP contribution in [0.2, 0.25) is 0 Å². The van der Waals surface area contributed by atoms with Gasteiger partial charge in [0.25, 0.3) is 0 Å². The number of aliphatic hydroxyl groups is 1. The minimum atomic E-state index is -3.29. The van der Waals surface area contributed by atoms with Gasteiger partial charge >= 0.3 is 0 Å². The summed E-state index contributed by atoms with van der Waals surface area (Å²) >= 11 is 0. The number of rotatable bonds is 2. The average Bonchev–Trinajstić information content (AvgIpc) is 2.41. The molecule has 21 heavy (non-hydrogen) atoms. The van der Waals surface area contributed by atoms with Gasteiger partial charge in [-0.1, -0.05) is 0 Å². The van der Waals surface area contributed by atoms with Crippen LogP contribution in [-0.4, -0.2) is 79.4 Å². The highest BCUT2D eigenvalue weighted by Crippen LogP contribution is 2.31. The molecule has 1 aliphatic carbocycles. The number of likely N-dealkylation sites (tertiary alicyclic amines) is 1. The van der Waals surface area contributed by atoms with Crippen LogP contribution in [-0.2, 0) is 19.6 Å². The van der Waals surface area contributed by atoms with Gasteiger partial charge in [0.05, 0.1) is 31.1 Å². The summed E-state index contributed by atoms with van der Waals surface area (Å²) < 4.78 is 30.9. The number of aliphatic hydroxyl groups excluding tert-OH is 1. The molecule has 1 amide bonds. The zero-order valence-electron chi connectivity index (χ0n) is 12.1. The highest BCUT2D eigenvalue weighted by Gasteiger charge is 2.44. The van der Waals surface area contributed by atoms with Crippen molar-refractivity contribution in [2.75, 3.05) is 32.5 Å². The van der Waals surface area contributed by atoms with Crippen LogP contribution in [0, 0.1) is 5.92 Å². The molecule has 1 N–H and O–H groups in total. The first-order chi connectivity index (χ1) is 9.86. The minimum Gasteiger partial charge on any atom is -0.393 e. The van der Waals surface area contributed by atoms with E-state index in [9.17, 15) is 18.3 Å². The summed E-state index contributed by atoms with van der Waals surface area (Å²) in [6.07, 6.45) is 2.44. The van der Waals surface area contributed by atoms with Crippen molar-refractivity contribution in [1.82, 2.24) is 9.21 Å². The third-order valence-corrected chi connectivity index (χ3v) is 6.04. The average molecular weight is 318 g/mol. The lowest BCUT2D eigenvalue weighted by atomic mass is 9.81. The molecule has 0 bridgehead atoms. The number of nitrogens with zero attached hydrogens (tertiary/aromatic N) is 2. The van der Waals surface area contributed by atoms with E-state index in [0.29, 0.717) is 45.5 Å². The molecule has 0 spiro atoms. The second-order valence-corrected chi connectivity index (χ2v) is 8.18. The lowest BCUT2D eigenvalue weighted by molar-refractivity contribution is -0.149. The van der Waals surface area contributed by atoms with E-state index >= 15 is 0 Å². The van der Waals surface area contributed by atoms with Gasteiger partial charge in [0.15, 0.2) is 0 Å². The molecule has 1 saturated carbocycles. The van der Waals surface area contributed by atoms with E-state index in [1.807, 2.05) is 0 Å². The summed E-state index contributed by atoms with van der Waals surface area (Å²) in [7, 11) is -3.29. The summed E-state index contributed by atoms with van der Waals surface area (Å²) in [6, 6.07) is -0.281. The Balaban J connectivity index is 1.70. The standard InChI is InChI=1S/C13H22N2O5S/c1-21(18,19)15-4-5-20-12-2-3-14(8-11(12)15)13(17)9-6-10(16)7-9/h9-12,16H,2-8H2,1H3/t9?,10?,11-,12-/m0/s1. The van der Waals surface area contributed by atoms with E-state index < -0.39 is 10.0 Å². The van der Waals surface area contributed by atoms with Gasteiger partial charge in [0.1, 0.15) is 0 Å². The molecule has 3 aliphatic rings. The summed E-state index contributed by atoms with van der Waals surface area (Å²) in [6.45, 7) is 1.76. The van der Waals surface area contributed by atoms with E-state index in [4.69, 9.17) is 4.74 Å². The van der Waals surface area contributed by atoms with Gasteiger partial charge in [-0.15, -0.1) is 0 Å². The smallest absolute Gasteiger partial charge is 0.225 e. The normalized spacial score (nSPS) is 37.7. The maximum Gasteiger partial charge on any atom is 0.225 e. The Morgan fingerprint density at radius 1 is 1.29 bits per heavy atom. The van der Waals surface area contributed by atoms with E-state index in [1.54, 1.807) is 4.90 Å². The number of amides is 1. The van der Waals surface area contributed by atoms with Gasteiger partial charge in [-0.05, 0) is 19.3 Å². The Morgan fingerprint density at radius 2 is 2.00 bits per heavy atom. The fourth-order valence-corrected chi connectivity index (χ4v) is 4.60. The number of ether oxygens (including phenoxy) is 1. The van der Waals surface area contributed by atoms with Crippen molar-refractivity contribution in [3.63, 3.8) is 0 Å². The highest BCUT2D eigenvalue weighted by molar-refractivity contribution is 7.88. The van der Waals surface area contributed by atoms with Crippen LogP contribution in [0.1, 0.15) is 19.3 Å². The quantitative estimate of drug-likeness (QED) is 0.707. The Hall–Kier alpha value is -0.700. The first-order valence-electron chi connectivity index (χ1n) is 7.41. The van der Waals surface area contributed by atoms with Crippen molar-refractivity contribution >= 4 is 15.9 Å². The van der Waals surface area contributed by atoms with Crippen molar-refractivity contribution in [2.45, 2.75) is 37.5 Å². The molecular weight excluding hydrogens is 296 g/mol. The van der Waals surface area contributed by atoms with Crippen molar-refractivity contribution < 1.29 is 23.1 Å². The molecule has 2 heterocycles. The van der Waals surface area contributed by atoms with Gasteiger partial charge < -0.3 is 14.7 Å². The van der Waals surface area contributed by atoms with Crippen LogP contribution in [0.25, 0.3) is 0 Å². The molecule has 0 aromatic rings. The van der Waals surface area contributed by atoms with Crippen LogP contribution < -0.4 is 0 Å². The maximum absolute atomic E-state index is 12.4.